The molecule has 0 aromatic rings. The van der Waals surface area contributed by atoms with Gasteiger partial charge in [-0.05, 0) is 73.7 Å². The molecule has 3 N–H and O–H groups in total. The van der Waals surface area contributed by atoms with Gasteiger partial charge in [0, 0.05) is 5.41 Å². The van der Waals surface area contributed by atoms with Crippen molar-refractivity contribution < 1.29 is 19.7 Å². The first kappa shape index (κ1) is 17.5. The van der Waals surface area contributed by atoms with Crippen LogP contribution in [0, 0.1) is 40.9 Å². The van der Waals surface area contributed by atoms with Gasteiger partial charge in [-0.2, -0.15) is 0 Å². The summed E-state index contributed by atoms with van der Waals surface area (Å²) in [6.07, 6.45) is 8.79. The van der Waals surface area contributed by atoms with Crippen LogP contribution < -0.4 is 0 Å². The number of terminal acetylenes is 1. The van der Waals surface area contributed by atoms with Gasteiger partial charge in [0.25, 0.3) is 0 Å². The Morgan fingerprint density at radius 2 is 1.84 bits per heavy atom. The van der Waals surface area contributed by atoms with E-state index >= 15 is 0 Å². The third-order valence-electron chi connectivity index (χ3n) is 8.63. The molecule has 0 saturated heterocycles. The van der Waals surface area contributed by atoms with E-state index in [0.717, 1.165) is 31.3 Å². The molecule has 3 saturated carbocycles. The molecule has 4 aliphatic rings. The topological polar surface area (TPSA) is 60.7 Å². The maximum atomic E-state index is 14.6. The molecule has 0 aliphatic heterocycles. The lowest BCUT2D eigenvalue weighted by molar-refractivity contribution is -0.122. The minimum Gasteiger partial charge on any atom is -0.389 e. The Morgan fingerprint density at radius 1 is 1.12 bits per heavy atom. The summed E-state index contributed by atoms with van der Waals surface area (Å²) >= 11 is 0. The predicted molar refractivity (Wildman–Crippen MR) is 92.9 cm³/mol. The Kier molecular flexibility index (Phi) is 3.72. The Hall–Kier alpha value is -0.890. The van der Waals surface area contributed by atoms with Crippen molar-refractivity contribution in [1.82, 2.24) is 0 Å². The zero-order valence-electron chi connectivity index (χ0n) is 15.1. The van der Waals surface area contributed by atoms with Crippen LogP contribution in [0.25, 0.3) is 0 Å². The fourth-order valence-corrected chi connectivity index (χ4v) is 7.08. The molecular formula is C21H29FO3. The van der Waals surface area contributed by atoms with Gasteiger partial charge in [0.1, 0.15) is 11.9 Å². The lowest BCUT2D eigenvalue weighted by Crippen LogP contribution is -2.56. The van der Waals surface area contributed by atoms with Gasteiger partial charge in [-0.3, -0.25) is 0 Å². The maximum absolute atomic E-state index is 14.6. The van der Waals surface area contributed by atoms with Crippen molar-refractivity contribution in [3.05, 3.63) is 11.4 Å². The minimum absolute atomic E-state index is 0.163. The molecule has 8 atom stereocenters. The molecule has 4 aliphatic carbocycles. The average molecular weight is 348 g/mol. The smallest absolute Gasteiger partial charge is 0.156 e. The van der Waals surface area contributed by atoms with Crippen LogP contribution in [0.4, 0.5) is 4.39 Å². The number of aliphatic hydroxyl groups is 3. The molecule has 0 aromatic carbocycles. The van der Waals surface area contributed by atoms with Crippen LogP contribution in [0.5, 0.6) is 0 Å². The maximum Gasteiger partial charge on any atom is 0.156 e. The summed E-state index contributed by atoms with van der Waals surface area (Å²) < 4.78 is 14.6. The number of allylic oxidation sites excluding steroid dienone is 1. The van der Waals surface area contributed by atoms with E-state index in [4.69, 9.17) is 6.42 Å². The predicted octanol–water partition coefficient (Wildman–Crippen LogP) is 2.94. The van der Waals surface area contributed by atoms with Gasteiger partial charge < -0.3 is 15.3 Å². The third-order valence-corrected chi connectivity index (χ3v) is 8.63. The first-order valence-corrected chi connectivity index (χ1v) is 9.64. The molecule has 138 valence electrons. The van der Waals surface area contributed by atoms with E-state index in [1.165, 1.54) is 0 Å². The summed E-state index contributed by atoms with van der Waals surface area (Å²) in [7, 11) is 0. The highest BCUT2D eigenvalue weighted by Crippen LogP contribution is 2.67. The second-order valence-electron chi connectivity index (χ2n) is 9.33. The lowest BCUT2D eigenvalue weighted by atomic mass is 9.46. The van der Waals surface area contributed by atoms with Crippen molar-refractivity contribution >= 4 is 0 Å². The molecular weight excluding hydrogens is 319 g/mol. The molecule has 4 heteroatoms. The monoisotopic (exact) mass is 348 g/mol. The van der Waals surface area contributed by atoms with Crippen LogP contribution in [-0.2, 0) is 0 Å². The van der Waals surface area contributed by atoms with Gasteiger partial charge in [0.05, 0.1) is 6.10 Å². The molecule has 0 spiro atoms. The van der Waals surface area contributed by atoms with Crippen LogP contribution in [0.2, 0.25) is 0 Å². The highest BCUT2D eigenvalue weighted by molar-refractivity contribution is 5.31. The van der Waals surface area contributed by atoms with Gasteiger partial charge in [0.15, 0.2) is 5.60 Å². The van der Waals surface area contributed by atoms with Crippen molar-refractivity contribution in [2.45, 2.75) is 76.6 Å². The second kappa shape index (κ2) is 5.31. The summed E-state index contributed by atoms with van der Waals surface area (Å²) in [6.45, 7) is 4.19. The van der Waals surface area contributed by atoms with Crippen molar-refractivity contribution in [1.29, 1.82) is 0 Å². The zero-order valence-corrected chi connectivity index (χ0v) is 15.1. The standard InChI is InChI=1S/C21H29FO3/c1-4-21(25)17(24)11-15-12-5-6-14-18(22)16(23)8-9-19(14,2)13(12)7-10-20(15,21)3/h1,12-13,15-17,23-25H,5-11H2,2-3H3/t12-,13+,15+,16-,17-,19-,20+,21+/m1/s1. The van der Waals surface area contributed by atoms with Gasteiger partial charge in [-0.25, -0.2) is 4.39 Å². The van der Waals surface area contributed by atoms with Crippen LogP contribution in [0.3, 0.4) is 0 Å². The Labute approximate surface area is 149 Å². The van der Waals surface area contributed by atoms with E-state index in [9.17, 15) is 19.7 Å². The molecule has 0 radical (unpaired) electrons. The molecule has 0 amide bonds. The largest absolute Gasteiger partial charge is 0.389 e. The minimum atomic E-state index is -1.46. The summed E-state index contributed by atoms with van der Waals surface area (Å²) in [5, 5.41) is 31.4. The van der Waals surface area contributed by atoms with E-state index in [-0.39, 0.29) is 17.2 Å². The van der Waals surface area contributed by atoms with Crippen molar-refractivity contribution in [2.24, 2.45) is 28.6 Å². The van der Waals surface area contributed by atoms with Gasteiger partial charge in [-0.1, -0.05) is 19.8 Å². The molecule has 0 heterocycles. The Balaban J connectivity index is 1.73. The molecule has 4 rings (SSSR count). The fraction of sp³-hybridized carbons (Fsp3) is 0.810. The summed E-state index contributed by atoms with van der Waals surface area (Å²) in [4.78, 5) is 0. The van der Waals surface area contributed by atoms with Gasteiger partial charge in [0.2, 0.25) is 0 Å². The normalized spacial score (nSPS) is 55.2. The molecule has 0 unspecified atom stereocenters. The summed E-state index contributed by atoms with van der Waals surface area (Å²) in [6, 6.07) is 0. The molecule has 3 nitrogen and oxygen atoms in total. The van der Waals surface area contributed by atoms with E-state index < -0.39 is 23.2 Å². The SMILES string of the molecule is C#C[C@]1(O)[C@H](O)C[C@H]2[C@@H]3CCC4=C(F)[C@H](O)CC[C@]4(C)[C@H]3CC[C@@]21C. The number of hydrogen-bond donors (Lipinski definition) is 3. The molecule has 3 fully saturated rings. The van der Waals surface area contributed by atoms with Crippen molar-refractivity contribution in [3.63, 3.8) is 0 Å². The number of hydrogen-bond acceptors (Lipinski definition) is 3. The van der Waals surface area contributed by atoms with Gasteiger partial charge >= 0.3 is 0 Å². The first-order chi connectivity index (χ1) is 11.7. The number of halogens is 1. The van der Waals surface area contributed by atoms with Crippen molar-refractivity contribution in [3.8, 4) is 12.3 Å². The molecule has 0 bridgehead atoms. The van der Waals surface area contributed by atoms with E-state index in [0.29, 0.717) is 31.1 Å². The summed E-state index contributed by atoms with van der Waals surface area (Å²) in [5.74, 6) is 3.04. The number of aliphatic hydroxyl groups excluding tert-OH is 2. The van der Waals surface area contributed by atoms with Gasteiger partial charge in [-0.15, -0.1) is 6.42 Å². The Bertz CT molecular complexity index is 667. The fourth-order valence-electron chi connectivity index (χ4n) is 7.08. The van der Waals surface area contributed by atoms with Crippen LogP contribution in [0.15, 0.2) is 11.4 Å². The highest BCUT2D eigenvalue weighted by Gasteiger charge is 2.67. The average Bonchev–Trinajstić information content (AvgIpc) is 2.79. The lowest BCUT2D eigenvalue weighted by Gasteiger charge is -2.58. The highest BCUT2D eigenvalue weighted by atomic mass is 19.1. The second-order valence-corrected chi connectivity index (χ2v) is 9.33. The number of fused-ring (bicyclic) bond motifs is 5. The summed E-state index contributed by atoms with van der Waals surface area (Å²) in [5.41, 5.74) is -1.34. The van der Waals surface area contributed by atoms with Crippen LogP contribution >= 0.6 is 0 Å². The van der Waals surface area contributed by atoms with Crippen LogP contribution in [-0.4, -0.2) is 33.1 Å². The quantitative estimate of drug-likeness (QED) is 0.590. The Morgan fingerprint density at radius 3 is 2.52 bits per heavy atom. The van der Waals surface area contributed by atoms with E-state index in [2.05, 4.69) is 12.8 Å². The first-order valence-electron chi connectivity index (χ1n) is 9.64. The molecule has 25 heavy (non-hydrogen) atoms. The molecule has 0 aromatic heterocycles. The van der Waals surface area contributed by atoms with Crippen molar-refractivity contribution in [2.75, 3.05) is 0 Å². The van der Waals surface area contributed by atoms with E-state index in [1.807, 2.05) is 6.92 Å². The third kappa shape index (κ3) is 1.98. The van der Waals surface area contributed by atoms with E-state index in [1.54, 1.807) is 0 Å². The zero-order chi connectivity index (χ0) is 18.2. The van der Waals surface area contributed by atoms with Crippen LogP contribution in [0.1, 0.15) is 58.8 Å². The number of rotatable bonds is 0.